The molecule has 1 aromatic carbocycles. The summed E-state index contributed by atoms with van der Waals surface area (Å²) >= 11 is 3.70. The molecular weight excluding hydrogens is 260 g/mol. The molecular formula is C15H23Br. The van der Waals surface area contributed by atoms with Crippen LogP contribution in [0.15, 0.2) is 16.6 Å². The van der Waals surface area contributed by atoms with Gasteiger partial charge in [0.05, 0.1) is 0 Å². The summed E-state index contributed by atoms with van der Waals surface area (Å²) in [5.74, 6) is 0. The molecule has 0 saturated heterocycles. The van der Waals surface area contributed by atoms with E-state index >= 15 is 0 Å². The number of hydrogen-bond donors (Lipinski definition) is 0. The monoisotopic (exact) mass is 282 g/mol. The predicted molar refractivity (Wildman–Crippen MR) is 76.1 cm³/mol. The van der Waals surface area contributed by atoms with Crippen molar-refractivity contribution >= 4 is 15.9 Å². The second-order valence-corrected chi connectivity index (χ2v) is 5.27. The Balaban J connectivity index is 3.14. The van der Waals surface area contributed by atoms with Crippen molar-refractivity contribution in [3.8, 4) is 0 Å². The zero-order valence-electron chi connectivity index (χ0n) is 10.8. The maximum atomic E-state index is 3.70. The summed E-state index contributed by atoms with van der Waals surface area (Å²) in [5, 5.41) is 0. The molecule has 0 saturated carbocycles. The SMILES string of the molecule is CCCc1ccc(Br)c(CCC)c1CCC. The molecule has 0 aliphatic heterocycles. The van der Waals surface area contributed by atoms with Gasteiger partial charge in [-0.25, -0.2) is 0 Å². The molecule has 0 spiro atoms. The molecule has 0 nitrogen and oxygen atoms in total. The fourth-order valence-corrected chi connectivity index (χ4v) is 2.87. The number of aryl methyl sites for hydroxylation is 1. The van der Waals surface area contributed by atoms with Gasteiger partial charge >= 0.3 is 0 Å². The molecule has 0 bridgehead atoms. The highest BCUT2D eigenvalue weighted by molar-refractivity contribution is 9.10. The first-order chi connectivity index (χ1) is 7.74. The summed E-state index contributed by atoms with van der Waals surface area (Å²) in [6, 6.07) is 4.53. The quantitative estimate of drug-likeness (QED) is 0.664. The molecule has 1 rings (SSSR count). The molecule has 0 unspecified atom stereocenters. The summed E-state index contributed by atoms with van der Waals surface area (Å²) < 4.78 is 1.30. The molecule has 0 aliphatic carbocycles. The third kappa shape index (κ3) is 3.35. The van der Waals surface area contributed by atoms with Crippen LogP contribution in [0.4, 0.5) is 0 Å². The minimum absolute atomic E-state index is 1.20. The fourth-order valence-electron chi connectivity index (χ4n) is 2.30. The average molecular weight is 283 g/mol. The molecule has 0 atom stereocenters. The first kappa shape index (κ1) is 13.8. The van der Waals surface area contributed by atoms with Crippen molar-refractivity contribution in [1.29, 1.82) is 0 Å². The van der Waals surface area contributed by atoms with Gasteiger partial charge in [-0.05, 0) is 42.0 Å². The van der Waals surface area contributed by atoms with Gasteiger partial charge in [0, 0.05) is 4.47 Å². The van der Waals surface area contributed by atoms with E-state index in [1.807, 2.05) is 0 Å². The second-order valence-electron chi connectivity index (χ2n) is 4.41. The molecule has 1 aromatic rings. The maximum Gasteiger partial charge on any atom is 0.0210 e. The normalized spacial score (nSPS) is 10.8. The first-order valence-electron chi connectivity index (χ1n) is 6.53. The van der Waals surface area contributed by atoms with Crippen molar-refractivity contribution < 1.29 is 0 Å². The van der Waals surface area contributed by atoms with Crippen LogP contribution in [0.25, 0.3) is 0 Å². The lowest BCUT2D eigenvalue weighted by molar-refractivity contribution is 0.822. The Morgan fingerprint density at radius 1 is 0.812 bits per heavy atom. The van der Waals surface area contributed by atoms with Gasteiger partial charge in [-0.1, -0.05) is 62.0 Å². The molecule has 0 heterocycles. The Morgan fingerprint density at radius 3 is 1.94 bits per heavy atom. The standard InChI is InChI=1S/C15H23Br/c1-4-7-12-10-11-15(16)14(9-6-3)13(12)8-5-2/h10-11H,4-9H2,1-3H3. The molecule has 16 heavy (non-hydrogen) atoms. The molecule has 0 amide bonds. The van der Waals surface area contributed by atoms with Crippen molar-refractivity contribution in [3.05, 3.63) is 33.3 Å². The van der Waals surface area contributed by atoms with Crippen LogP contribution < -0.4 is 0 Å². The highest BCUT2D eigenvalue weighted by atomic mass is 79.9. The van der Waals surface area contributed by atoms with Gasteiger partial charge in [-0.3, -0.25) is 0 Å². The number of rotatable bonds is 6. The van der Waals surface area contributed by atoms with Crippen LogP contribution in [0.1, 0.15) is 56.7 Å². The lowest BCUT2D eigenvalue weighted by atomic mass is 9.92. The lowest BCUT2D eigenvalue weighted by Crippen LogP contribution is -2.01. The van der Waals surface area contributed by atoms with Crippen molar-refractivity contribution in [3.63, 3.8) is 0 Å². The Morgan fingerprint density at radius 2 is 1.38 bits per heavy atom. The summed E-state index contributed by atoms with van der Waals surface area (Å²) in [7, 11) is 0. The molecule has 0 fully saturated rings. The van der Waals surface area contributed by atoms with E-state index in [0.717, 1.165) is 0 Å². The molecule has 0 N–H and O–H groups in total. The van der Waals surface area contributed by atoms with E-state index < -0.39 is 0 Å². The van der Waals surface area contributed by atoms with Crippen LogP contribution in [0.3, 0.4) is 0 Å². The van der Waals surface area contributed by atoms with Gasteiger partial charge in [0.1, 0.15) is 0 Å². The number of halogens is 1. The van der Waals surface area contributed by atoms with E-state index in [9.17, 15) is 0 Å². The molecule has 1 heteroatoms. The highest BCUT2D eigenvalue weighted by Gasteiger charge is 2.10. The molecule has 90 valence electrons. The Kier molecular flexibility index (Phi) is 6.12. The molecule has 0 aromatic heterocycles. The number of hydrogen-bond acceptors (Lipinski definition) is 0. The van der Waals surface area contributed by atoms with Gasteiger partial charge in [0.25, 0.3) is 0 Å². The minimum atomic E-state index is 1.20. The topological polar surface area (TPSA) is 0 Å². The van der Waals surface area contributed by atoms with Crippen molar-refractivity contribution in [2.24, 2.45) is 0 Å². The Hall–Kier alpha value is -0.300. The van der Waals surface area contributed by atoms with Gasteiger partial charge in [-0.2, -0.15) is 0 Å². The van der Waals surface area contributed by atoms with E-state index in [-0.39, 0.29) is 0 Å². The van der Waals surface area contributed by atoms with E-state index in [4.69, 9.17) is 0 Å². The fraction of sp³-hybridized carbons (Fsp3) is 0.600. The van der Waals surface area contributed by atoms with Crippen molar-refractivity contribution in [2.75, 3.05) is 0 Å². The summed E-state index contributed by atoms with van der Waals surface area (Å²) in [6.45, 7) is 6.79. The molecule has 0 aliphatic rings. The number of benzene rings is 1. The van der Waals surface area contributed by atoms with E-state index in [0.29, 0.717) is 0 Å². The Bertz CT molecular complexity index is 328. The van der Waals surface area contributed by atoms with E-state index in [2.05, 4.69) is 48.8 Å². The zero-order chi connectivity index (χ0) is 12.0. The third-order valence-corrected chi connectivity index (χ3v) is 3.73. The van der Waals surface area contributed by atoms with Gasteiger partial charge in [0.15, 0.2) is 0 Å². The summed E-state index contributed by atoms with van der Waals surface area (Å²) in [6.07, 6.45) is 7.36. The van der Waals surface area contributed by atoms with Crippen molar-refractivity contribution in [2.45, 2.75) is 59.3 Å². The smallest absolute Gasteiger partial charge is 0.0210 e. The summed E-state index contributed by atoms with van der Waals surface area (Å²) in [5.41, 5.74) is 4.73. The van der Waals surface area contributed by atoms with E-state index in [1.54, 1.807) is 16.7 Å². The van der Waals surface area contributed by atoms with Crippen LogP contribution in [-0.4, -0.2) is 0 Å². The van der Waals surface area contributed by atoms with Crippen LogP contribution in [0, 0.1) is 0 Å². The Labute approximate surface area is 109 Å². The zero-order valence-corrected chi connectivity index (χ0v) is 12.4. The first-order valence-corrected chi connectivity index (χ1v) is 7.32. The lowest BCUT2D eigenvalue weighted by Gasteiger charge is -2.15. The van der Waals surface area contributed by atoms with Crippen LogP contribution in [0.2, 0.25) is 0 Å². The van der Waals surface area contributed by atoms with Crippen molar-refractivity contribution in [1.82, 2.24) is 0 Å². The van der Waals surface area contributed by atoms with Gasteiger partial charge in [-0.15, -0.1) is 0 Å². The van der Waals surface area contributed by atoms with Crippen LogP contribution in [-0.2, 0) is 19.3 Å². The molecule has 0 radical (unpaired) electrons. The van der Waals surface area contributed by atoms with Gasteiger partial charge < -0.3 is 0 Å². The predicted octanol–water partition coefficient (Wildman–Crippen LogP) is 5.31. The highest BCUT2D eigenvalue weighted by Crippen LogP contribution is 2.27. The second kappa shape index (κ2) is 7.11. The maximum absolute atomic E-state index is 3.70. The average Bonchev–Trinajstić information content (AvgIpc) is 2.27. The van der Waals surface area contributed by atoms with Crippen LogP contribution in [0.5, 0.6) is 0 Å². The van der Waals surface area contributed by atoms with Gasteiger partial charge in [0.2, 0.25) is 0 Å². The summed E-state index contributed by atoms with van der Waals surface area (Å²) in [4.78, 5) is 0. The largest absolute Gasteiger partial charge is 0.0651 e. The minimum Gasteiger partial charge on any atom is -0.0651 e. The third-order valence-electron chi connectivity index (χ3n) is 2.99. The van der Waals surface area contributed by atoms with Crippen LogP contribution >= 0.6 is 15.9 Å². The van der Waals surface area contributed by atoms with E-state index in [1.165, 1.54) is 43.0 Å².